The van der Waals surface area contributed by atoms with Crippen molar-refractivity contribution in [2.75, 3.05) is 0 Å². The summed E-state index contributed by atoms with van der Waals surface area (Å²) in [6.45, 7) is 0. The minimum atomic E-state index is -0.168. The van der Waals surface area contributed by atoms with Crippen molar-refractivity contribution in [3.05, 3.63) is 134 Å². The highest BCUT2D eigenvalue weighted by atomic mass is 35.5. The summed E-state index contributed by atoms with van der Waals surface area (Å²) in [6.07, 6.45) is 3.12. The van der Waals surface area contributed by atoms with Crippen LogP contribution in [0.25, 0.3) is 32.7 Å². The summed E-state index contributed by atoms with van der Waals surface area (Å²) < 4.78 is 0.807. The smallest absolute Gasteiger partial charge is 0.249 e. The zero-order valence-corrected chi connectivity index (χ0v) is 20.4. The Hall–Kier alpha value is -3.64. The van der Waals surface area contributed by atoms with Gasteiger partial charge in [0.2, 0.25) is 11.1 Å². The van der Waals surface area contributed by atoms with Gasteiger partial charge < -0.3 is 10.2 Å². The molecule has 5 nitrogen and oxygen atoms in total. The molecular formula is C27H18Cl3N3O2. The van der Waals surface area contributed by atoms with Gasteiger partial charge in [0.25, 0.3) is 0 Å². The van der Waals surface area contributed by atoms with Gasteiger partial charge >= 0.3 is 0 Å². The number of benzene rings is 3. The lowest BCUT2D eigenvalue weighted by molar-refractivity contribution is -0.577. The number of aromatic nitrogens is 3. The lowest BCUT2D eigenvalue weighted by atomic mass is 10.2. The molecule has 0 fully saturated rings. The first-order valence-corrected chi connectivity index (χ1v) is 11.6. The molecule has 3 heterocycles. The van der Waals surface area contributed by atoms with Gasteiger partial charge in [-0.2, -0.15) is 4.73 Å². The molecule has 0 saturated heterocycles. The lowest BCUT2D eigenvalue weighted by Crippen LogP contribution is -2.25. The van der Waals surface area contributed by atoms with E-state index in [-0.39, 0.29) is 5.56 Å². The van der Waals surface area contributed by atoms with Gasteiger partial charge in [-0.1, -0.05) is 83.3 Å². The first-order chi connectivity index (χ1) is 16.9. The summed E-state index contributed by atoms with van der Waals surface area (Å²) in [5.74, 6) is 0. The fourth-order valence-electron chi connectivity index (χ4n) is 3.39. The summed E-state index contributed by atoms with van der Waals surface area (Å²) in [4.78, 5) is 17.8. The highest BCUT2D eigenvalue weighted by Crippen LogP contribution is 2.21. The third-order valence-corrected chi connectivity index (χ3v) is 6.02. The van der Waals surface area contributed by atoms with Crippen molar-refractivity contribution < 1.29 is 4.73 Å². The number of rotatable bonds is 0. The first-order valence-electron chi connectivity index (χ1n) is 10.5. The van der Waals surface area contributed by atoms with Crippen LogP contribution in [0.4, 0.5) is 0 Å². The molecule has 174 valence electrons. The van der Waals surface area contributed by atoms with Crippen molar-refractivity contribution in [3.63, 3.8) is 0 Å². The highest BCUT2D eigenvalue weighted by molar-refractivity contribution is 6.36. The van der Waals surface area contributed by atoms with Gasteiger partial charge in [0.1, 0.15) is 0 Å². The maximum absolute atomic E-state index is 11.2. The van der Waals surface area contributed by atoms with Crippen LogP contribution in [0.1, 0.15) is 0 Å². The minimum absolute atomic E-state index is 0.168. The third kappa shape index (κ3) is 5.89. The van der Waals surface area contributed by atoms with Crippen molar-refractivity contribution in [2.24, 2.45) is 0 Å². The predicted molar refractivity (Wildman–Crippen MR) is 144 cm³/mol. The van der Waals surface area contributed by atoms with E-state index in [1.54, 1.807) is 24.4 Å². The maximum atomic E-state index is 11.2. The Bertz CT molecular complexity index is 1640. The Labute approximate surface area is 215 Å². The Morgan fingerprint density at radius 2 is 1.34 bits per heavy atom. The average molecular weight is 523 g/mol. The quantitative estimate of drug-likeness (QED) is 0.169. The standard InChI is InChI=1S/2C9H6ClNO.C9H6ClN/c10-8-5-6-11(12)9-4-2-1-3-7(8)9;10-7-5-9(12)11-8-4-2-1-3-6(7)8;10-8-5-6-11-9-4-2-1-3-7(8)9/h1-6H;1-5H,(H,11,12);1-6H. The van der Waals surface area contributed by atoms with Gasteiger partial charge in [0.15, 0.2) is 6.20 Å². The number of halogens is 3. The molecule has 0 aliphatic rings. The zero-order chi connectivity index (χ0) is 24.8. The van der Waals surface area contributed by atoms with Crippen LogP contribution in [0.5, 0.6) is 0 Å². The second-order valence-electron chi connectivity index (χ2n) is 7.34. The number of H-pyrrole nitrogens is 1. The largest absolute Gasteiger partial charge is 0.618 e. The molecule has 35 heavy (non-hydrogen) atoms. The molecule has 3 aromatic heterocycles. The molecule has 0 spiro atoms. The van der Waals surface area contributed by atoms with Gasteiger partial charge in [-0.25, -0.2) is 0 Å². The van der Waals surface area contributed by atoms with Crippen molar-refractivity contribution in [2.45, 2.75) is 0 Å². The summed E-state index contributed by atoms with van der Waals surface area (Å²) in [5.41, 5.74) is 2.15. The second kappa shape index (κ2) is 11.2. The van der Waals surface area contributed by atoms with Crippen molar-refractivity contribution in [1.29, 1.82) is 0 Å². The molecular weight excluding hydrogens is 505 g/mol. The van der Waals surface area contributed by atoms with E-state index in [0.29, 0.717) is 15.6 Å². The van der Waals surface area contributed by atoms with E-state index in [1.807, 2.05) is 66.7 Å². The maximum Gasteiger partial charge on any atom is 0.249 e. The second-order valence-corrected chi connectivity index (χ2v) is 8.57. The topological polar surface area (TPSA) is 72.7 Å². The van der Waals surface area contributed by atoms with E-state index >= 15 is 0 Å². The fraction of sp³-hybridized carbons (Fsp3) is 0. The van der Waals surface area contributed by atoms with E-state index in [9.17, 15) is 10.0 Å². The van der Waals surface area contributed by atoms with Crippen LogP contribution in [-0.2, 0) is 0 Å². The van der Waals surface area contributed by atoms with E-state index in [0.717, 1.165) is 36.9 Å². The van der Waals surface area contributed by atoms with Crippen LogP contribution in [0.2, 0.25) is 15.1 Å². The highest BCUT2D eigenvalue weighted by Gasteiger charge is 2.04. The van der Waals surface area contributed by atoms with Gasteiger partial charge in [-0.05, 0) is 24.3 Å². The van der Waals surface area contributed by atoms with E-state index in [4.69, 9.17) is 34.8 Å². The Balaban J connectivity index is 0.000000124. The van der Waals surface area contributed by atoms with Gasteiger partial charge in [-0.15, -0.1) is 0 Å². The van der Waals surface area contributed by atoms with Crippen molar-refractivity contribution >= 4 is 67.5 Å². The van der Waals surface area contributed by atoms with Gasteiger partial charge in [-0.3, -0.25) is 9.78 Å². The molecule has 0 atom stereocenters. The summed E-state index contributed by atoms with van der Waals surface area (Å²) >= 11 is 17.6. The number of pyridine rings is 3. The molecule has 0 amide bonds. The number of nitrogens with one attached hydrogen (secondary N) is 1. The van der Waals surface area contributed by atoms with E-state index in [1.165, 1.54) is 12.3 Å². The molecule has 1 N–H and O–H groups in total. The van der Waals surface area contributed by atoms with Crippen molar-refractivity contribution in [3.8, 4) is 0 Å². The summed E-state index contributed by atoms with van der Waals surface area (Å²) in [6, 6.07) is 27.2. The van der Waals surface area contributed by atoms with E-state index < -0.39 is 0 Å². The van der Waals surface area contributed by atoms with Crippen LogP contribution >= 0.6 is 34.8 Å². The monoisotopic (exact) mass is 521 g/mol. The summed E-state index contributed by atoms with van der Waals surface area (Å²) in [7, 11) is 0. The SMILES string of the molecule is Clc1ccnc2ccccc12.O=c1cc(Cl)c2ccccc2[nH]1.[O-][n+]1ccc(Cl)c2ccccc21. The van der Waals surface area contributed by atoms with E-state index in [2.05, 4.69) is 9.97 Å². The molecule has 6 rings (SSSR count). The van der Waals surface area contributed by atoms with Crippen LogP contribution < -0.4 is 10.3 Å². The number of hydrogen-bond acceptors (Lipinski definition) is 3. The van der Waals surface area contributed by atoms with Crippen LogP contribution in [0.15, 0.2) is 108 Å². The van der Waals surface area contributed by atoms with Crippen LogP contribution in [-0.4, -0.2) is 9.97 Å². The molecule has 8 heteroatoms. The molecule has 0 aliphatic carbocycles. The lowest BCUT2D eigenvalue weighted by Gasteiger charge is -2.01. The zero-order valence-electron chi connectivity index (χ0n) is 18.2. The number of fused-ring (bicyclic) bond motifs is 3. The predicted octanol–water partition coefficient (Wildman–Crippen LogP) is 7.20. The molecule has 3 aromatic carbocycles. The number of aromatic amines is 1. The normalized spacial score (nSPS) is 10.4. The summed E-state index contributed by atoms with van der Waals surface area (Å²) in [5, 5.41) is 15.7. The average Bonchev–Trinajstić information content (AvgIpc) is 2.88. The minimum Gasteiger partial charge on any atom is -0.618 e. The molecule has 0 bridgehead atoms. The fourth-order valence-corrected chi connectivity index (χ4v) is 4.09. The Kier molecular flexibility index (Phi) is 7.83. The molecule has 0 unspecified atom stereocenters. The molecule has 0 radical (unpaired) electrons. The molecule has 0 saturated carbocycles. The Morgan fingerprint density at radius 3 is 2.09 bits per heavy atom. The number of hydrogen-bond donors (Lipinski definition) is 1. The molecule has 6 aromatic rings. The molecule has 0 aliphatic heterocycles. The third-order valence-electron chi connectivity index (χ3n) is 5.05. The van der Waals surface area contributed by atoms with Crippen LogP contribution in [0.3, 0.4) is 0 Å². The van der Waals surface area contributed by atoms with Gasteiger partial charge in [0.05, 0.1) is 26.0 Å². The number of para-hydroxylation sites is 3. The Morgan fingerprint density at radius 1 is 0.714 bits per heavy atom. The van der Waals surface area contributed by atoms with Crippen molar-refractivity contribution in [1.82, 2.24) is 9.97 Å². The first kappa shape index (κ1) is 24.5. The van der Waals surface area contributed by atoms with Gasteiger partial charge in [0, 0.05) is 40.7 Å². The van der Waals surface area contributed by atoms with Crippen LogP contribution in [0, 0.1) is 5.21 Å². The number of nitrogens with zero attached hydrogens (tertiary/aromatic N) is 2.